The number of hydrogen-bond acceptors (Lipinski definition) is 8. The van der Waals surface area contributed by atoms with Gasteiger partial charge in [0.15, 0.2) is 11.7 Å². The number of nitro groups is 1. The maximum atomic E-state index is 12.5. The molecule has 4 rings (SSSR count). The van der Waals surface area contributed by atoms with Gasteiger partial charge in [-0.3, -0.25) is 29.4 Å². The number of ketones is 1. The molecule has 1 saturated heterocycles. The largest absolute Gasteiger partial charge is 0.457 e. The van der Waals surface area contributed by atoms with Crippen molar-refractivity contribution < 1.29 is 24.0 Å². The van der Waals surface area contributed by atoms with E-state index in [0.717, 1.165) is 17.3 Å². The molecule has 1 fully saturated rings. The summed E-state index contributed by atoms with van der Waals surface area (Å²) in [5.74, 6) is -2.19. The number of aromatic nitrogens is 1. The zero-order valence-electron chi connectivity index (χ0n) is 16.7. The van der Waals surface area contributed by atoms with Crippen molar-refractivity contribution in [3.63, 3.8) is 0 Å². The van der Waals surface area contributed by atoms with Crippen molar-refractivity contribution >= 4 is 39.8 Å². The first kappa shape index (κ1) is 21.3. The molecule has 0 saturated carbocycles. The molecule has 0 radical (unpaired) electrons. The first-order valence-corrected chi connectivity index (χ1v) is 10.6. The normalized spacial score (nSPS) is 15.6. The Morgan fingerprint density at radius 3 is 2.72 bits per heavy atom. The van der Waals surface area contributed by atoms with Gasteiger partial charge in [0.25, 0.3) is 5.69 Å². The summed E-state index contributed by atoms with van der Waals surface area (Å²) in [4.78, 5) is 53.3. The molecule has 1 amide bonds. The number of thiazole rings is 1. The maximum Gasteiger partial charge on any atom is 0.311 e. The lowest BCUT2D eigenvalue weighted by Gasteiger charge is -2.12. The fourth-order valence-corrected chi connectivity index (χ4v) is 4.17. The monoisotopic (exact) mass is 451 g/mol. The van der Waals surface area contributed by atoms with Crippen LogP contribution in [0.4, 0.5) is 10.8 Å². The second-order valence-corrected chi connectivity index (χ2v) is 7.96. The van der Waals surface area contributed by atoms with Crippen molar-refractivity contribution in [2.75, 3.05) is 18.1 Å². The third-order valence-corrected chi connectivity index (χ3v) is 5.84. The third-order valence-electron chi connectivity index (χ3n) is 4.98. The van der Waals surface area contributed by atoms with Gasteiger partial charge in [-0.05, 0) is 0 Å². The van der Waals surface area contributed by atoms with Gasteiger partial charge in [-0.25, -0.2) is 4.98 Å². The van der Waals surface area contributed by atoms with E-state index in [1.807, 2.05) is 35.7 Å². The van der Waals surface area contributed by atoms with Gasteiger partial charge in [0.2, 0.25) is 11.7 Å². The minimum absolute atomic E-state index is 0.0376. The third kappa shape index (κ3) is 4.54. The van der Waals surface area contributed by atoms with Crippen LogP contribution >= 0.6 is 11.3 Å². The number of benzene rings is 2. The summed E-state index contributed by atoms with van der Waals surface area (Å²) in [7, 11) is 0. The number of ether oxygens (including phenoxy) is 1. The van der Waals surface area contributed by atoms with Crippen LogP contribution in [0, 0.1) is 16.0 Å². The molecule has 32 heavy (non-hydrogen) atoms. The van der Waals surface area contributed by atoms with E-state index in [4.69, 9.17) is 4.74 Å². The SMILES string of the molecule is O=C(COC(=O)C1CC(=O)N(c2nc(-c3ccccc3)cs2)C1)c1cccc([N+](=O)[O-])c1. The van der Waals surface area contributed by atoms with Gasteiger partial charge >= 0.3 is 5.97 Å². The minimum Gasteiger partial charge on any atom is -0.457 e. The number of Topliss-reactive ketones (excluding diaryl/α,β-unsaturated/α-hetero) is 1. The smallest absolute Gasteiger partial charge is 0.311 e. The van der Waals surface area contributed by atoms with E-state index < -0.39 is 29.2 Å². The number of rotatable bonds is 7. The molecule has 1 aliphatic heterocycles. The van der Waals surface area contributed by atoms with E-state index in [9.17, 15) is 24.5 Å². The first-order valence-electron chi connectivity index (χ1n) is 9.68. The highest BCUT2D eigenvalue weighted by Gasteiger charge is 2.37. The Balaban J connectivity index is 1.36. The van der Waals surface area contributed by atoms with Crippen LogP contribution in [-0.4, -0.2) is 40.7 Å². The van der Waals surface area contributed by atoms with E-state index in [2.05, 4.69) is 4.98 Å². The fourth-order valence-electron chi connectivity index (χ4n) is 3.31. The lowest BCUT2D eigenvalue weighted by molar-refractivity contribution is -0.384. The van der Waals surface area contributed by atoms with Crippen molar-refractivity contribution in [3.05, 3.63) is 75.7 Å². The van der Waals surface area contributed by atoms with Crippen LogP contribution in [0.5, 0.6) is 0 Å². The van der Waals surface area contributed by atoms with Gasteiger partial charge in [-0.2, -0.15) is 0 Å². The van der Waals surface area contributed by atoms with Crippen molar-refractivity contribution in [1.29, 1.82) is 0 Å². The van der Waals surface area contributed by atoms with Crippen LogP contribution in [0.25, 0.3) is 11.3 Å². The summed E-state index contributed by atoms with van der Waals surface area (Å²) in [6, 6.07) is 14.7. The second kappa shape index (κ2) is 9.06. The van der Waals surface area contributed by atoms with Gasteiger partial charge in [0.05, 0.1) is 16.5 Å². The average molecular weight is 451 g/mol. The van der Waals surface area contributed by atoms with Gasteiger partial charge in [0, 0.05) is 41.6 Å². The van der Waals surface area contributed by atoms with Crippen molar-refractivity contribution in [1.82, 2.24) is 4.98 Å². The molecule has 162 valence electrons. The molecule has 0 aliphatic carbocycles. The van der Waals surface area contributed by atoms with Gasteiger partial charge in [0.1, 0.15) is 0 Å². The molecule has 3 aromatic rings. The molecule has 2 heterocycles. The zero-order chi connectivity index (χ0) is 22.7. The van der Waals surface area contributed by atoms with E-state index >= 15 is 0 Å². The predicted molar refractivity (Wildman–Crippen MR) is 116 cm³/mol. The van der Waals surface area contributed by atoms with Crippen molar-refractivity contribution in [2.24, 2.45) is 5.92 Å². The van der Waals surface area contributed by atoms with E-state index in [-0.39, 0.29) is 30.1 Å². The molecule has 1 aliphatic rings. The summed E-state index contributed by atoms with van der Waals surface area (Å²) in [5.41, 5.74) is 1.52. The number of nitro benzene ring substituents is 1. The molecule has 1 unspecified atom stereocenters. The Hall–Kier alpha value is -3.92. The lowest BCUT2D eigenvalue weighted by Crippen LogP contribution is -2.27. The van der Waals surface area contributed by atoms with E-state index in [1.165, 1.54) is 34.4 Å². The Kier molecular flexibility index (Phi) is 6.04. The average Bonchev–Trinajstić information content (AvgIpc) is 3.44. The Labute approximate surface area is 186 Å². The molecule has 1 atom stereocenters. The molecule has 0 N–H and O–H groups in total. The maximum absolute atomic E-state index is 12.5. The summed E-state index contributed by atoms with van der Waals surface area (Å²) >= 11 is 1.31. The topological polar surface area (TPSA) is 120 Å². The van der Waals surface area contributed by atoms with Crippen LogP contribution in [0.1, 0.15) is 16.8 Å². The van der Waals surface area contributed by atoms with Gasteiger partial charge < -0.3 is 4.74 Å². The minimum atomic E-state index is -0.718. The van der Waals surface area contributed by atoms with Crippen LogP contribution in [0.2, 0.25) is 0 Å². The molecular weight excluding hydrogens is 434 g/mol. The molecular formula is C22H17N3O6S. The molecule has 2 aromatic carbocycles. The number of amides is 1. The standard InChI is InChI=1S/C22H17N3O6S/c26-19(15-7-4-8-17(9-15)25(29)30)12-31-21(28)16-10-20(27)24(11-16)22-23-18(13-32-22)14-5-2-1-3-6-14/h1-9,13,16H,10-12H2. The van der Waals surface area contributed by atoms with Crippen LogP contribution < -0.4 is 4.90 Å². The van der Waals surface area contributed by atoms with Crippen LogP contribution in [0.15, 0.2) is 60.0 Å². The van der Waals surface area contributed by atoms with Crippen LogP contribution in [-0.2, 0) is 14.3 Å². The zero-order valence-corrected chi connectivity index (χ0v) is 17.5. The molecule has 0 spiro atoms. The van der Waals surface area contributed by atoms with Crippen LogP contribution in [0.3, 0.4) is 0 Å². The Bertz CT molecular complexity index is 1190. The summed E-state index contributed by atoms with van der Waals surface area (Å²) in [6.45, 7) is -0.440. The number of non-ortho nitro benzene ring substituents is 1. The molecule has 10 heteroatoms. The highest BCUT2D eigenvalue weighted by Crippen LogP contribution is 2.32. The molecule has 0 bridgehead atoms. The highest BCUT2D eigenvalue weighted by molar-refractivity contribution is 7.14. The van der Waals surface area contributed by atoms with Gasteiger partial charge in [-0.15, -0.1) is 11.3 Å². The van der Waals surface area contributed by atoms with Crippen molar-refractivity contribution in [3.8, 4) is 11.3 Å². The van der Waals surface area contributed by atoms with E-state index in [0.29, 0.717) is 5.13 Å². The molecule has 9 nitrogen and oxygen atoms in total. The number of hydrogen-bond donors (Lipinski definition) is 0. The second-order valence-electron chi connectivity index (χ2n) is 7.13. The van der Waals surface area contributed by atoms with E-state index in [1.54, 1.807) is 0 Å². The quantitative estimate of drug-likeness (QED) is 0.233. The highest BCUT2D eigenvalue weighted by atomic mass is 32.1. The molecule has 1 aromatic heterocycles. The number of carbonyl (C=O) groups is 3. The number of esters is 1. The number of anilines is 1. The summed E-state index contributed by atoms with van der Waals surface area (Å²) in [6.07, 6.45) is -0.0376. The summed E-state index contributed by atoms with van der Waals surface area (Å²) < 4.78 is 5.10. The summed E-state index contributed by atoms with van der Waals surface area (Å²) in [5, 5.41) is 13.2. The lowest BCUT2D eigenvalue weighted by atomic mass is 10.1. The number of nitrogens with zero attached hydrogens (tertiary/aromatic N) is 3. The van der Waals surface area contributed by atoms with Gasteiger partial charge in [-0.1, -0.05) is 42.5 Å². The Morgan fingerprint density at radius 1 is 1.19 bits per heavy atom. The van der Waals surface area contributed by atoms with Crippen molar-refractivity contribution in [2.45, 2.75) is 6.42 Å². The number of carbonyl (C=O) groups excluding carboxylic acids is 3. The first-order chi connectivity index (χ1) is 15.4. The fraction of sp³-hybridized carbons (Fsp3) is 0.182. The Morgan fingerprint density at radius 2 is 1.97 bits per heavy atom. The predicted octanol–water partition coefficient (Wildman–Crippen LogP) is 3.50.